The van der Waals surface area contributed by atoms with Crippen molar-refractivity contribution in [2.45, 2.75) is 57.8 Å². The van der Waals surface area contributed by atoms with Crippen LogP contribution in [0.4, 0.5) is 0 Å². The van der Waals surface area contributed by atoms with Crippen LogP contribution in [0.1, 0.15) is 57.8 Å². The van der Waals surface area contributed by atoms with Crippen LogP contribution in [0.25, 0.3) is 0 Å². The standard InChI is InChI=1S/C8H18S2.C5H12S2/c9-7-5-3-1-2-4-6-8-10;6-4-2-1-3-5-7/h9-10H,1-8H2;6-7H,1-5H2. The molecule has 0 fully saturated rings. The quantitative estimate of drug-likeness (QED) is 0.292. The third-order valence-electron chi connectivity index (χ3n) is 2.38. The van der Waals surface area contributed by atoms with Crippen LogP contribution >= 0.6 is 50.5 Å². The van der Waals surface area contributed by atoms with Crippen molar-refractivity contribution in [3.63, 3.8) is 0 Å². The summed E-state index contributed by atoms with van der Waals surface area (Å²) in [7, 11) is 0. The Morgan fingerprint density at radius 2 is 0.471 bits per heavy atom. The first-order valence-electron chi connectivity index (χ1n) is 6.76. The predicted molar refractivity (Wildman–Crippen MR) is 97.0 cm³/mol. The average Bonchev–Trinajstić information content (AvgIpc) is 2.35. The number of hydrogen-bond acceptors (Lipinski definition) is 4. The van der Waals surface area contributed by atoms with Gasteiger partial charge in [0.1, 0.15) is 0 Å². The van der Waals surface area contributed by atoms with E-state index in [0.717, 1.165) is 23.0 Å². The Labute approximate surface area is 131 Å². The summed E-state index contributed by atoms with van der Waals surface area (Å²) in [5.41, 5.74) is 0. The molecular formula is C13H30S4. The van der Waals surface area contributed by atoms with E-state index >= 15 is 0 Å². The lowest BCUT2D eigenvalue weighted by molar-refractivity contribution is 0.630. The molecule has 0 heterocycles. The van der Waals surface area contributed by atoms with Crippen LogP contribution in [0, 0.1) is 0 Å². The molecule has 0 aromatic heterocycles. The van der Waals surface area contributed by atoms with Crippen molar-refractivity contribution in [1.82, 2.24) is 0 Å². The molecule has 0 aliphatic carbocycles. The summed E-state index contributed by atoms with van der Waals surface area (Å²) in [5.74, 6) is 4.14. The first kappa shape index (κ1) is 20.7. The highest BCUT2D eigenvalue weighted by molar-refractivity contribution is 7.80. The zero-order valence-corrected chi connectivity index (χ0v) is 14.6. The van der Waals surface area contributed by atoms with Gasteiger partial charge in [0, 0.05) is 0 Å². The van der Waals surface area contributed by atoms with Crippen LogP contribution in [0.3, 0.4) is 0 Å². The second-order valence-corrected chi connectivity index (χ2v) is 5.87. The SMILES string of the molecule is SCCCCCCCCS.SCCCCCS. The van der Waals surface area contributed by atoms with Crippen LogP contribution in [-0.4, -0.2) is 23.0 Å². The second-order valence-electron chi connectivity index (χ2n) is 4.08. The summed E-state index contributed by atoms with van der Waals surface area (Å²) >= 11 is 16.4. The highest BCUT2D eigenvalue weighted by Gasteiger charge is 1.88. The van der Waals surface area contributed by atoms with Crippen LogP contribution in [0.15, 0.2) is 0 Å². The van der Waals surface area contributed by atoms with Crippen molar-refractivity contribution in [2.75, 3.05) is 23.0 Å². The zero-order valence-electron chi connectivity index (χ0n) is 11.0. The minimum absolute atomic E-state index is 1.02. The molecule has 4 heteroatoms. The van der Waals surface area contributed by atoms with E-state index in [1.807, 2.05) is 0 Å². The molecule has 0 spiro atoms. The molecule has 0 bridgehead atoms. The number of rotatable bonds is 11. The van der Waals surface area contributed by atoms with Gasteiger partial charge in [-0.15, -0.1) is 0 Å². The molecule has 0 saturated carbocycles. The summed E-state index contributed by atoms with van der Waals surface area (Å²) < 4.78 is 0. The monoisotopic (exact) mass is 314 g/mol. The summed E-state index contributed by atoms with van der Waals surface area (Å²) in [6.07, 6.45) is 11.8. The highest BCUT2D eigenvalue weighted by atomic mass is 32.1. The Morgan fingerprint density at radius 1 is 0.294 bits per heavy atom. The van der Waals surface area contributed by atoms with Gasteiger partial charge >= 0.3 is 0 Å². The number of thiol groups is 4. The molecule has 0 nitrogen and oxygen atoms in total. The van der Waals surface area contributed by atoms with Crippen molar-refractivity contribution in [2.24, 2.45) is 0 Å². The lowest BCUT2D eigenvalue weighted by Gasteiger charge is -1.97. The fraction of sp³-hybridized carbons (Fsp3) is 1.00. The van der Waals surface area contributed by atoms with Crippen molar-refractivity contribution in [1.29, 1.82) is 0 Å². The number of hydrogen-bond donors (Lipinski definition) is 4. The summed E-state index contributed by atoms with van der Waals surface area (Å²) in [6.45, 7) is 0. The maximum Gasteiger partial charge on any atom is -0.00979 e. The lowest BCUT2D eigenvalue weighted by Crippen LogP contribution is -1.81. The highest BCUT2D eigenvalue weighted by Crippen LogP contribution is 2.05. The van der Waals surface area contributed by atoms with Crippen molar-refractivity contribution in [3.8, 4) is 0 Å². The normalized spacial score (nSPS) is 9.88. The van der Waals surface area contributed by atoms with E-state index < -0.39 is 0 Å². The minimum Gasteiger partial charge on any atom is -0.179 e. The van der Waals surface area contributed by atoms with Gasteiger partial charge in [-0.3, -0.25) is 0 Å². The fourth-order valence-electron chi connectivity index (χ4n) is 1.33. The first-order valence-corrected chi connectivity index (χ1v) is 9.29. The molecule has 106 valence electrons. The van der Waals surface area contributed by atoms with Crippen molar-refractivity contribution >= 4 is 50.5 Å². The summed E-state index contributed by atoms with van der Waals surface area (Å²) in [6, 6.07) is 0. The maximum absolute atomic E-state index is 4.15. The van der Waals surface area contributed by atoms with E-state index in [2.05, 4.69) is 50.5 Å². The van der Waals surface area contributed by atoms with E-state index in [4.69, 9.17) is 0 Å². The van der Waals surface area contributed by atoms with Gasteiger partial charge < -0.3 is 0 Å². The molecule has 0 amide bonds. The van der Waals surface area contributed by atoms with Gasteiger partial charge in [-0.2, -0.15) is 50.5 Å². The van der Waals surface area contributed by atoms with E-state index in [-0.39, 0.29) is 0 Å². The second kappa shape index (κ2) is 22.6. The van der Waals surface area contributed by atoms with Gasteiger partial charge in [0.25, 0.3) is 0 Å². The van der Waals surface area contributed by atoms with Crippen molar-refractivity contribution in [3.05, 3.63) is 0 Å². The Kier molecular flexibility index (Phi) is 27.5. The van der Waals surface area contributed by atoms with Gasteiger partial charge in [-0.05, 0) is 48.7 Å². The van der Waals surface area contributed by atoms with Crippen LogP contribution in [0.2, 0.25) is 0 Å². The average molecular weight is 315 g/mol. The topological polar surface area (TPSA) is 0 Å². The van der Waals surface area contributed by atoms with Gasteiger partial charge in [0.05, 0.1) is 0 Å². The van der Waals surface area contributed by atoms with Gasteiger partial charge in [0.2, 0.25) is 0 Å². The number of unbranched alkanes of at least 4 members (excludes halogenated alkanes) is 7. The third kappa shape index (κ3) is 26.8. The molecule has 0 unspecified atom stereocenters. The molecule has 0 atom stereocenters. The van der Waals surface area contributed by atoms with Crippen LogP contribution < -0.4 is 0 Å². The van der Waals surface area contributed by atoms with E-state index in [1.54, 1.807) is 0 Å². The first-order chi connectivity index (χ1) is 8.33. The zero-order chi connectivity index (χ0) is 13.2. The molecule has 0 N–H and O–H groups in total. The molecule has 0 aromatic rings. The molecule has 0 aliphatic rings. The van der Waals surface area contributed by atoms with Gasteiger partial charge in [-0.25, -0.2) is 0 Å². The predicted octanol–water partition coefficient (Wildman–Crippen LogP) is 5.20. The smallest absolute Gasteiger partial charge is 0.00979 e. The molecule has 0 aliphatic heterocycles. The van der Waals surface area contributed by atoms with Gasteiger partial charge in [-0.1, -0.05) is 32.1 Å². The molecule has 17 heavy (non-hydrogen) atoms. The fourth-order valence-corrected chi connectivity index (χ4v) is 2.23. The van der Waals surface area contributed by atoms with E-state index in [9.17, 15) is 0 Å². The summed E-state index contributed by atoms with van der Waals surface area (Å²) in [5, 5.41) is 0. The van der Waals surface area contributed by atoms with Crippen LogP contribution in [-0.2, 0) is 0 Å². The largest absolute Gasteiger partial charge is 0.179 e. The molecule has 0 rings (SSSR count). The summed E-state index contributed by atoms with van der Waals surface area (Å²) in [4.78, 5) is 0. The molecule has 0 saturated heterocycles. The third-order valence-corrected chi connectivity index (χ3v) is 3.65. The molecular weight excluding hydrogens is 284 g/mol. The Balaban J connectivity index is 0. The van der Waals surface area contributed by atoms with Gasteiger partial charge in [0.15, 0.2) is 0 Å². The minimum atomic E-state index is 1.02. The Morgan fingerprint density at radius 3 is 0.706 bits per heavy atom. The lowest BCUT2D eigenvalue weighted by atomic mass is 10.1. The van der Waals surface area contributed by atoms with Crippen LogP contribution in [0.5, 0.6) is 0 Å². The van der Waals surface area contributed by atoms with E-state index in [0.29, 0.717) is 0 Å². The van der Waals surface area contributed by atoms with E-state index in [1.165, 1.54) is 57.8 Å². The Hall–Kier alpha value is 1.40. The van der Waals surface area contributed by atoms with Crippen molar-refractivity contribution < 1.29 is 0 Å². The Bertz CT molecular complexity index is 97.6. The molecule has 0 aromatic carbocycles. The maximum atomic E-state index is 4.15. The molecule has 0 radical (unpaired) electrons.